The average molecular weight is 677 g/mol. The molecule has 0 aliphatic carbocycles. The number of hydrogen-bond donors (Lipinski definition) is 1. The lowest BCUT2D eigenvalue weighted by molar-refractivity contribution is -0.137. The molecule has 5 aromatic rings. The van der Waals surface area contributed by atoms with Crippen molar-refractivity contribution in [2.24, 2.45) is 0 Å². The highest BCUT2D eigenvalue weighted by atomic mass is 35.5. The number of benzene rings is 4. The quantitative estimate of drug-likeness (QED) is 0.189. The summed E-state index contributed by atoms with van der Waals surface area (Å²) < 4.78 is 16.6. The first-order valence-electron chi connectivity index (χ1n) is 15.7. The Morgan fingerprint density at radius 3 is 2.43 bits per heavy atom. The highest BCUT2D eigenvalue weighted by molar-refractivity contribution is 6.31. The van der Waals surface area contributed by atoms with E-state index in [1.54, 1.807) is 30.1 Å². The van der Waals surface area contributed by atoms with Crippen LogP contribution in [0.4, 0.5) is 4.39 Å². The second kappa shape index (κ2) is 13.6. The van der Waals surface area contributed by atoms with Gasteiger partial charge in [-0.2, -0.15) is 4.68 Å². The summed E-state index contributed by atoms with van der Waals surface area (Å²) >= 11 is 6.12. The molecular weight excluding hydrogens is 643 g/mol. The van der Waals surface area contributed by atoms with Crippen LogP contribution in [0.5, 0.6) is 0 Å². The summed E-state index contributed by atoms with van der Waals surface area (Å²) in [6.45, 7) is 6.25. The smallest absolute Gasteiger partial charge is 0.251 e. The molecule has 6 rings (SSSR count). The largest absolute Gasteiger partial charge is 0.355 e. The van der Waals surface area contributed by atoms with Crippen molar-refractivity contribution in [2.45, 2.75) is 38.6 Å². The number of hydrogen-bond acceptors (Lipinski definition) is 6. The summed E-state index contributed by atoms with van der Waals surface area (Å²) in [6, 6.07) is 22.9. The van der Waals surface area contributed by atoms with E-state index in [0.717, 1.165) is 27.8 Å². The van der Waals surface area contributed by atoms with Gasteiger partial charge in [-0.1, -0.05) is 85.6 Å². The maximum absolute atomic E-state index is 15.4. The maximum Gasteiger partial charge on any atom is 0.251 e. The molecule has 1 aliphatic heterocycles. The molecule has 49 heavy (non-hydrogen) atoms. The highest BCUT2D eigenvalue weighted by Crippen LogP contribution is 2.45. The molecule has 1 aromatic heterocycles. The molecule has 0 bridgehead atoms. The molecule has 1 aliphatic rings. The van der Waals surface area contributed by atoms with E-state index in [-0.39, 0.29) is 35.2 Å². The van der Waals surface area contributed by atoms with Crippen LogP contribution in [0.3, 0.4) is 0 Å². The number of fused-ring (bicyclic) bond motifs is 1. The first kappa shape index (κ1) is 33.4. The van der Waals surface area contributed by atoms with E-state index in [4.69, 9.17) is 11.6 Å². The number of halogens is 2. The van der Waals surface area contributed by atoms with E-state index in [2.05, 4.69) is 20.8 Å². The zero-order valence-electron chi connectivity index (χ0n) is 27.4. The lowest BCUT2D eigenvalue weighted by atomic mass is 9.71. The molecule has 4 aromatic carbocycles. The number of nitrogens with zero attached hydrogens (tertiary/aromatic N) is 5. The van der Waals surface area contributed by atoms with Gasteiger partial charge in [0.15, 0.2) is 11.6 Å². The Labute approximate surface area is 288 Å². The van der Waals surface area contributed by atoms with Gasteiger partial charge >= 0.3 is 0 Å². The number of aryl methyl sites for hydroxylation is 1. The monoisotopic (exact) mass is 676 g/mol. The fraction of sp³-hybridized carbons (Fsp3) is 0.211. The normalized spacial score (nSPS) is 15.2. The number of carbonyl (C=O) groups is 3. The molecule has 1 atom stereocenters. The Morgan fingerprint density at radius 1 is 1.02 bits per heavy atom. The third-order valence-corrected chi connectivity index (χ3v) is 9.11. The molecule has 9 nitrogen and oxygen atoms in total. The van der Waals surface area contributed by atoms with Crippen LogP contribution in [-0.4, -0.2) is 56.3 Å². The number of amides is 2. The minimum Gasteiger partial charge on any atom is -0.355 e. The molecule has 0 saturated heterocycles. The summed E-state index contributed by atoms with van der Waals surface area (Å²) in [6.07, 6.45) is 4.03. The molecule has 1 unspecified atom stereocenters. The molecule has 0 spiro atoms. The number of ketones is 1. The molecule has 0 radical (unpaired) electrons. The van der Waals surface area contributed by atoms with Gasteiger partial charge in [-0.15, -0.1) is 5.10 Å². The Balaban J connectivity index is 1.44. The van der Waals surface area contributed by atoms with Crippen molar-refractivity contribution >= 4 is 35.3 Å². The second-order valence-corrected chi connectivity index (χ2v) is 13.1. The standard InChI is InChI=1S/C38H34ClFN6O3/c1-23-8-10-24(11-9-23)20-32(47)36-29-7-5-6-27(25-12-14-26(15-13-25)37(49)41-4)34(29)38(2,3)21-45(36)33(48)19-16-28-31(46-22-42-43-44-46)18-17-30(39)35(28)40/h5-19,22,36H,20-21H2,1-4H3,(H,41,49)/b19-16+. The van der Waals surface area contributed by atoms with E-state index in [9.17, 15) is 14.4 Å². The van der Waals surface area contributed by atoms with Gasteiger partial charge in [-0.25, -0.2) is 4.39 Å². The first-order valence-corrected chi connectivity index (χ1v) is 16.1. The van der Waals surface area contributed by atoms with Crippen LogP contribution >= 0.6 is 11.6 Å². The number of carbonyl (C=O) groups excluding carboxylic acids is 3. The third kappa shape index (κ3) is 6.64. The fourth-order valence-corrected chi connectivity index (χ4v) is 6.66. The number of rotatable bonds is 8. The number of tetrazole rings is 1. The molecule has 2 heterocycles. The SMILES string of the molecule is CNC(=O)c1ccc(-c2cccc3c2C(C)(C)CN(C(=O)/C=C/c2c(-n4cnnn4)ccc(Cl)c2F)C3C(=O)Cc2ccc(C)cc2)cc1. The molecule has 2 amide bonds. The topological polar surface area (TPSA) is 110 Å². The van der Waals surface area contributed by atoms with Gasteiger partial charge in [0, 0.05) is 42.6 Å². The number of aromatic nitrogens is 4. The Hall–Kier alpha value is -5.48. The minimum absolute atomic E-state index is 0.0230. The lowest BCUT2D eigenvalue weighted by Gasteiger charge is -2.45. The zero-order chi connectivity index (χ0) is 34.9. The molecule has 0 saturated carbocycles. The summed E-state index contributed by atoms with van der Waals surface area (Å²) in [5.74, 6) is -1.54. The Morgan fingerprint density at radius 2 is 1.76 bits per heavy atom. The van der Waals surface area contributed by atoms with Crippen LogP contribution in [0.2, 0.25) is 5.02 Å². The number of Topliss-reactive ketones (excluding diaryl/α,β-unsaturated/α-hetero) is 1. The molecule has 0 fully saturated rings. The first-order chi connectivity index (χ1) is 23.5. The van der Waals surface area contributed by atoms with Gasteiger partial charge in [0.2, 0.25) is 5.91 Å². The van der Waals surface area contributed by atoms with Gasteiger partial charge < -0.3 is 10.2 Å². The van der Waals surface area contributed by atoms with Crippen LogP contribution in [-0.2, 0) is 21.4 Å². The van der Waals surface area contributed by atoms with Crippen molar-refractivity contribution in [1.29, 1.82) is 0 Å². The van der Waals surface area contributed by atoms with Crippen LogP contribution in [0, 0.1) is 12.7 Å². The van der Waals surface area contributed by atoms with Crippen molar-refractivity contribution in [3.63, 3.8) is 0 Å². The second-order valence-electron chi connectivity index (χ2n) is 12.7. The Bertz CT molecular complexity index is 2080. The van der Waals surface area contributed by atoms with E-state index >= 15 is 4.39 Å². The zero-order valence-corrected chi connectivity index (χ0v) is 28.2. The van der Waals surface area contributed by atoms with Gasteiger partial charge in [0.05, 0.1) is 10.7 Å². The summed E-state index contributed by atoms with van der Waals surface area (Å²) in [5, 5.41) is 13.6. The maximum atomic E-state index is 15.4. The van der Waals surface area contributed by atoms with E-state index < -0.39 is 23.2 Å². The van der Waals surface area contributed by atoms with E-state index in [1.165, 1.54) is 29.2 Å². The van der Waals surface area contributed by atoms with E-state index in [0.29, 0.717) is 16.8 Å². The van der Waals surface area contributed by atoms with Crippen LogP contribution < -0.4 is 5.32 Å². The van der Waals surface area contributed by atoms with Gasteiger partial charge in [0.1, 0.15) is 12.4 Å². The van der Waals surface area contributed by atoms with Crippen LogP contribution in [0.15, 0.2) is 91.3 Å². The predicted octanol–water partition coefficient (Wildman–Crippen LogP) is 6.48. The minimum atomic E-state index is -0.922. The highest BCUT2D eigenvalue weighted by Gasteiger charge is 2.43. The van der Waals surface area contributed by atoms with Crippen molar-refractivity contribution in [3.05, 3.63) is 135 Å². The van der Waals surface area contributed by atoms with Crippen molar-refractivity contribution in [3.8, 4) is 16.8 Å². The van der Waals surface area contributed by atoms with Gasteiger partial charge in [0.25, 0.3) is 5.91 Å². The Kier molecular flexibility index (Phi) is 9.25. The third-order valence-electron chi connectivity index (χ3n) is 8.82. The summed E-state index contributed by atoms with van der Waals surface area (Å²) in [4.78, 5) is 42.3. The van der Waals surface area contributed by atoms with Crippen molar-refractivity contribution < 1.29 is 18.8 Å². The average Bonchev–Trinajstić information content (AvgIpc) is 3.64. The molecule has 1 N–H and O–H groups in total. The van der Waals surface area contributed by atoms with Crippen molar-refractivity contribution in [1.82, 2.24) is 30.4 Å². The van der Waals surface area contributed by atoms with Crippen LogP contribution in [0.25, 0.3) is 22.9 Å². The van der Waals surface area contributed by atoms with Gasteiger partial charge in [-0.05, 0) is 75.5 Å². The van der Waals surface area contributed by atoms with E-state index in [1.807, 2.05) is 75.4 Å². The molecular formula is C38H34ClFN6O3. The summed E-state index contributed by atoms with van der Waals surface area (Å²) in [7, 11) is 1.58. The fourth-order valence-electron chi connectivity index (χ4n) is 6.50. The molecule has 248 valence electrons. The van der Waals surface area contributed by atoms with Gasteiger partial charge in [-0.3, -0.25) is 14.4 Å². The van der Waals surface area contributed by atoms with Crippen molar-refractivity contribution in [2.75, 3.05) is 13.6 Å². The number of nitrogens with one attached hydrogen (secondary N) is 1. The van der Waals surface area contributed by atoms with Crippen LogP contribution in [0.1, 0.15) is 58.1 Å². The lowest BCUT2D eigenvalue weighted by Crippen LogP contribution is -2.50. The summed E-state index contributed by atoms with van der Waals surface area (Å²) in [5.41, 5.74) is 5.60. The predicted molar refractivity (Wildman–Crippen MR) is 186 cm³/mol. The molecule has 11 heteroatoms.